The molecule has 0 fully saturated rings. The van der Waals surface area contributed by atoms with E-state index in [1.54, 1.807) is 42.7 Å². The summed E-state index contributed by atoms with van der Waals surface area (Å²) in [6.07, 6.45) is 3.36. The Balaban J connectivity index is 0.000000146. The summed E-state index contributed by atoms with van der Waals surface area (Å²) in [7, 11) is 1.36. The van der Waals surface area contributed by atoms with Gasteiger partial charge in [-0.2, -0.15) is 10.2 Å². The second-order valence-electron chi connectivity index (χ2n) is 5.14. The minimum atomic E-state index is -0.925. The van der Waals surface area contributed by atoms with Crippen LogP contribution < -0.4 is 0 Å². The molecule has 0 unspecified atom stereocenters. The van der Waals surface area contributed by atoms with Gasteiger partial charge < -0.3 is 9.84 Å². The number of aromatic nitrogens is 4. The molecular weight excluding hydrogens is 324 g/mol. The molecule has 0 aliphatic rings. The van der Waals surface area contributed by atoms with E-state index in [9.17, 15) is 9.59 Å². The van der Waals surface area contributed by atoms with Crippen LogP contribution in [0.2, 0.25) is 0 Å². The van der Waals surface area contributed by atoms with Crippen molar-refractivity contribution in [1.82, 2.24) is 20.4 Å². The second kappa shape index (κ2) is 6.83. The highest BCUT2D eigenvalue weighted by Gasteiger charge is 2.06. The maximum atomic E-state index is 11.1. The fraction of sp³-hybridized carbons (Fsp3) is 0.0588. The van der Waals surface area contributed by atoms with Crippen molar-refractivity contribution < 1.29 is 19.4 Å². The summed E-state index contributed by atoms with van der Waals surface area (Å²) in [5, 5.41) is 23.7. The normalized spacial score (nSPS) is 10.3. The van der Waals surface area contributed by atoms with Crippen LogP contribution in [0.5, 0.6) is 0 Å². The zero-order chi connectivity index (χ0) is 17.8. The van der Waals surface area contributed by atoms with Gasteiger partial charge in [0.05, 0.1) is 41.7 Å². The van der Waals surface area contributed by atoms with E-state index in [1.807, 2.05) is 6.07 Å². The number of hydrogen-bond donors (Lipinski definition) is 3. The molecule has 3 N–H and O–H groups in total. The number of esters is 1. The number of methoxy groups -OCH3 is 1. The number of carbonyl (C=O) groups excluding carboxylic acids is 1. The summed E-state index contributed by atoms with van der Waals surface area (Å²) < 4.78 is 4.59. The highest BCUT2D eigenvalue weighted by molar-refractivity contribution is 5.94. The molecule has 0 atom stereocenters. The number of carbonyl (C=O) groups is 2. The first-order valence-electron chi connectivity index (χ1n) is 7.26. The number of hydrogen-bond acceptors (Lipinski definition) is 5. The molecule has 0 radical (unpaired) electrons. The Morgan fingerprint density at radius 2 is 1.44 bits per heavy atom. The van der Waals surface area contributed by atoms with Crippen LogP contribution in [0.15, 0.2) is 48.8 Å². The number of fused-ring (bicyclic) bond motifs is 2. The van der Waals surface area contributed by atoms with Crippen molar-refractivity contribution in [2.24, 2.45) is 0 Å². The molecule has 0 saturated heterocycles. The number of aromatic carboxylic acids is 1. The van der Waals surface area contributed by atoms with Crippen molar-refractivity contribution in [1.29, 1.82) is 0 Å². The van der Waals surface area contributed by atoms with Gasteiger partial charge in [-0.05, 0) is 24.3 Å². The summed E-state index contributed by atoms with van der Waals surface area (Å²) in [5.41, 5.74) is 2.38. The van der Waals surface area contributed by atoms with E-state index in [2.05, 4.69) is 25.1 Å². The largest absolute Gasteiger partial charge is 0.478 e. The standard InChI is InChI=1S/C9H8N2O2.C8H6N2O2/c1-13-9(12)6-2-3-7-5-10-11-8(7)4-6;11-8(12)5-1-2-6-4-9-10-7(6)3-5/h2-5H,1H3,(H,10,11);1-4H,(H,9,10)(H,11,12). The van der Waals surface area contributed by atoms with Gasteiger partial charge in [0.25, 0.3) is 0 Å². The maximum absolute atomic E-state index is 11.1. The number of nitrogens with zero attached hydrogens (tertiary/aromatic N) is 2. The van der Waals surface area contributed by atoms with Crippen LogP contribution in [-0.2, 0) is 4.74 Å². The fourth-order valence-corrected chi connectivity index (χ4v) is 2.25. The van der Waals surface area contributed by atoms with Crippen molar-refractivity contribution in [2.75, 3.05) is 7.11 Å². The number of rotatable bonds is 2. The molecule has 126 valence electrons. The minimum Gasteiger partial charge on any atom is -0.478 e. The van der Waals surface area contributed by atoms with E-state index >= 15 is 0 Å². The summed E-state index contributed by atoms with van der Waals surface area (Å²) in [6, 6.07) is 10.1. The van der Waals surface area contributed by atoms with Gasteiger partial charge in [-0.15, -0.1) is 0 Å². The first-order chi connectivity index (χ1) is 12.1. The molecule has 0 aliphatic carbocycles. The van der Waals surface area contributed by atoms with Gasteiger partial charge in [-0.25, -0.2) is 9.59 Å². The van der Waals surface area contributed by atoms with Crippen LogP contribution >= 0.6 is 0 Å². The monoisotopic (exact) mass is 338 g/mol. The summed E-state index contributed by atoms with van der Waals surface area (Å²) in [6.45, 7) is 0. The van der Waals surface area contributed by atoms with E-state index in [1.165, 1.54) is 7.11 Å². The number of ether oxygens (including phenoxy) is 1. The van der Waals surface area contributed by atoms with Crippen LogP contribution in [0.3, 0.4) is 0 Å². The van der Waals surface area contributed by atoms with Crippen LogP contribution in [0.25, 0.3) is 21.8 Å². The van der Waals surface area contributed by atoms with E-state index in [0.717, 1.165) is 21.8 Å². The number of H-pyrrole nitrogens is 2. The third kappa shape index (κ3) is 3.47. The minimum absolute atomic E-state index is 0.270. The first-order valence-corrected chi connectivity index (χ1v) is 7.26. The molecule has 25 heavy (non-hydrogen) atoms. The summed E-state index contributed by atoms with van der Waals surface area (Å²) in [4.78, 5) is 21.7. The molecule has 0 aliphatic heterocycles. The van der Waals surface area contributed by atoms with Crippen LogP contribution in [0.4, 0.5) is 0 Å². The second-order valence-corrected chi connectivity index (χ2v) is 5.14. The average Bonchev–Trinajstić information content (AvgIpc) is 3.28. The molecule has 0 amide bonds. The smallest absolute Gasteiger partial charge is 0.337 e. The zero-order valence-electron chi connectivity index (χ0n) is 13.2. The lowest BCUT2D eigenvalue weighted by atomic mass is 10.2. The predicted octanol–water partition coefficient (Wildman–Crippen LogP) is 2.61. The Kier molecular flexibility index (Phi) is 4.42. The fourth-order valence-electron chi connectivity index (χ4n) is 2.25. The lowest BCUT2D eigenvalue weighted by Gasteiger charge is -1.97. The number of benzene rings is 2. The Hall–Kier alpha value is -3.68. The topological polar surface area (TPSA) is 121 Å². The van der Waals surface area contributed by atoms with Crippen LogP contribution in [0.1, 0.15) is 20.7 Å². The Morgan fingerprint density at radius 3 is 1.96 bits per heavy atom. The van der Waals surface area contributed by atoms with Crippen molar-refractivity contribution in [2.45, 2.75) is 0 Å². The highest BCUT2D eigenvalue weighted by Crippen LogP contribution is 2.13. The van der Waals surface area contributed by atoms with Gasteiger partial charge in [-0.3, -0.25) is 10.2 Å². The third-order valence-electron chi connectivity index (χ3n) is 3.55. The number of nitrogens with one attached hydrogen (secondary N) is 2. The van der Waals surface area contributed by atoms with Crippen molar-refractivity contribution >= 4 is 33.7 Å². The van der Waals surface area contributed by atoms with Gasteiger partial charge in [0.2, 0.25) is 0 Å². The summed E-state index contributed by atoms with van der Waals surface area (Å²) >= 11 is 0. The Labute approximate surface area is 141 Å². The lowest BCUT2D eigenvalue weighted by Crippen LogP contribution is -2.00. The van der Waals surface area contributed by atoms with Crippen molar-refractivity contribution in [3.05, 3.63) is 59.9 Å². The van der Waals surface area contributed by atoms with Gasteiger partial charge in [-0.1, -0.05) is 12.1 Å². The molecule has 0 spiro atoms. The number of carboxylic acids is 1. The van der Waals surface area contributed by atoms with Crippen LogP contribution in [-0.4, -0.2) is 44.5 Å². The van der Waals surface area contributed by atoms with Crippen LogP contribution in [0, 0.1) is 0 Å². The summed E-state index contributed by atoms with van der Waals surface area (Å²) in [5.74, 6) is -1.26. The maximum Gasteiger partial charge on any atom is 0.337 e. The molecule has 8 nitrogen and oxygen atoms in total. The van der Waals surface area contributed by atoms with E-state index in [-0.39, 0.29) is 11.5 Å². The zero-order valence-corrected chi connectivity index (χ0v) is 13.2. The molecule has 0 saturated carbocycles. The third-order valence-corrected chi connectivity index (χ3v) is 3.55. The lowest BCUT2D eigenvalue weighted by molar-refractivity contribution is 0.0600. The van der Waals surface area contributed by atoms with Gasteiger partial charge in [0.15, 0.2) is 0 Å². The Morgan fingerprint density at radius 1 is 0.920 bits per heavy atom. The molecular formula is C17H14N4O4. The molecule has 8 heteroatoms. The van der Waals surface area contributed by atoms with Gasteiger partial charge in [0.1, 0.15) is 0 Å². The molecule has 4 aromatic rings. The average molecular weight is 338 g/mol. The molecule has 2 aromatic heterocycles. The Bertz CT molecular complexity index is 1050. The van der Waals surface area contributed by atoms with E-state index < -0.39 is 5.97 Å². The van der Waals surface area contributed by atoms with Crippen molar-refractivity contribution in [3.63, 3.8) is 0 Å². The molecule has 2 aromatic carbocycles. The SMILES string of the molecule is COC(=O)c1ccc2cn[nH]c2c1.O=C(O)c1ccc2cn[nH]c2c1. The molecule has 4 rings (SSSR count). The predicted molar refractivity (Wildman–Crippen MR) is 90.5 cm³/mol. The first kappa shape index (κ1) is 16.2. The number of aromatic amines is 2. The quantitative estimate of drug-likeness (QED) is 0.483. The molecule has 0 bridgehead atoms. The van der Waals surface area contributed by atoms with Gasteiger partial charge >= 0.3 is 11.9 Å². The van der Waals surface area contributed by atoms with Crippen molar-refractivity contribution in [3.8, 4) is 0 Å². The van der Waals surface area contributed by atoms with E-state index in [4.69, 9.17) is 5.11 Å². The number of carboxylic acid groups (broad SMARTS) is 1. The van der Waals surface area contributed by atoms with Gasteiger partial charge in [0, 0.05) is 10.8 Å². The van der Waals surface area contributed by atoms with E-state index in [0.29, 0.717) is 5.56 Å². The highest BCUT2D eigenvalue weighted by atomic mass is 16.5. The molecule has 2 heterocycles.